The zero-order valence-corrected chi connectivity index (χ0v) is 12.9. The number of hydrogen-bond acceptors (Lipinski definition) is 5. The van der Waals surface area contributed by atoms with Crippen LogP contribution in [0.4, 0.5) is 11.5 Å². The SMILES string of the molecule is CC(=N)c1c(C(=O)O)cc(-c2ccco2)nc1Nc1ccccc1. The monoisotopic (exact) mass is 321 g/mol. The van der Waals surface area contributed by atoms with Crippen LogP contribution in [0, 0.1) is 5.41 Å². The number of benzene rings is 1. The lowest BCUT2D eigenvalue weighted by Gasteiger charge is -2.14. The third kappa shape index (κ3) is 3.03. The smallest absolute Gasteiger partial charge is 0.336 e. The second-order valence-corrected chi connectivity index (χ2v) is 5.18. The molecule has 6 nitrogen and oxygen atoms in total. The summed E-state index contributed by atoms with van der Waals surface area (Å²) in [4.78, 5) is 16.1. The van der Waals surface area contributed by atoms with Crippen LogP contribution in [-0.2, 0) is 0 Å². The number of rotatable bonds is 5. The van der Waals surface area contributed by atoms with Crippen molar-refractivity contribution in [1.29, 1.82) is 5.41 Å². The summed E-state index contributed by atoms with van der Waals surface area (Å²) in [6.07, 6.45) is 1.50. The van der Waals surface area contributed by atoms with Crippen LogP contribution in [0.25, 0.3) is 11.5 Å². The maximum absolute atomic E-state index is 11.7. The Hall–Kier alpha value is -3.41. The minimum absolute atomic E-state index is 0.00216. The molecule has 0 radical (unpaired) electrons. The van der Waals surface area contributed by atoms with Crippen molar-refractivity contribution in [2.45, 2.75) is 6.92 Å². The molecule has 3 N–H and O–H groups in total. The van der Waals surface area contributed by atoms with Gasteiger partial charge in [-0.2, -0.15) is 0 Å². The molecule has 1 aromatic carbocycles. The van der Waals surface area contributed by atoms with Gasteiger partial charge in [0.1, 0.15) is 11.5 Å². The molecule has 3 rings (SSSR count). The molecule has 24 heavy (non-hydrogen) atoms. The summed E-state index contributed by atoms with van der Waals surface area (Å²) in [5.74, 6) is -0.356. The van der Waals surface area contributed by atoms with E-state index in [9.17, 15) is 9.90 Å². The van der Waals surface area contributed by atoms with E-state index in [0.717, 1.165) is 5.69 Å². The number of aromatic nitrogens is 1. The number of aromatic carboxylic acids is 1. The first kappa shape index (κ1) is 15.5. The number of carbonyl (C=O) groups is 1. The lowest BCUT2D eigenvalue weighted by molar-refractivity contribution is 0.0696. The molecule has 0 aliphatic carbocycles. The highest BCUT2D eigenvalue weighted by molar-refractivity contribution is 6.10. The van der Waals surface area contributed by atoms with Crippen molar-refractivity contribution in [1.82, 2.24) is 4.98 Å². The molecule has 2 aromatic heterocycles. The molecule has 120 valence electrons. The quantitative estimate of drug-likeness (QED) is 0.612. The number of carboxylic acid groups (broad SMARTS) is 1. The Morgan fingerprint density at radius 3 is 2.54 bits per heavy atom. The summed E-state index contributed by atoms with van der Waals surface area (Å²) in [6.45, 7) is 1.53. The van der Waals surface area contributed by atoms with Crippen LogP contribution >= 0.6 is 0 Å². The van der Waals surface area contributed by atoms with Gasteiger partial charge >= 0.3 is 5.97 Å². The number of furan rings is 1. The Balaban J connectivity index is 2.20. The third-order valence-electron chi connectivity index (χ3n) is 3.44. The lowest BCUT2D eigenvalue weighted by Crippen LogP contribution is -2.12. The van der Waals surface area contributed by atoms with Gasteiger partial charge in [0.25, 0.3) is 0 Å². The zero-order chi connectivity index (χ0) is 17.1. The highest BCUT2D eigenvalue weighted by atomic mass is 16.4. The molecule has 3 aromatic rings. The highest BCUT2D eigenvalue weighted by Gasteiger charge is 2.21. The number of hydrogen-bond donors (Lipinski definition) is 3. The maximum atomic E-state index is 11.7. The van der Waals surface area contributed by atoms with Gasteiger partial charge in [-0.3, -0.25) is 0 Å². The summed E-state index contributed by atoms with van der Waals surface area (Å²) < 4.78 is 5.32. The summed E-state index contributed by atoms with van der Waals surface area (Å²) in [6, 6.07) is 14.1. The second-order valence-electron chi connectivity index (χ2n) is 5.18. The molecular weight excluding hydrogens is 306 g/mol. The van der Waals surface area contributed by atoms with Crippen LogP contribution in [0.1, 0.15) is 22.8 Å². The molecular formula is C18H15N3O3. The van der Waals surface area contributed by atoms with Gasteiger partial charge < -0.3 is 20.2 Å². The Kier molecular flexibility index (Phi) is 4.11. The first-order valence-corrected chi connectivity index (χ1v) is 7.26. The number of para-hydroxylation sites is 1. The number of pyridine rings is 1. The standard InChI is InChI=1S/C18H15N3O3/c1-11(19)16-13(18(22)23)10-14(15-8-5-9-24-15)21-17(16)20-12-6-3-2-4-7-12/h2-10,19H,1H3,(H,20,21)(H,22,23). The minimum Gasteiger partial charge on any atom is -0.478 e. The highest BCUT2D eigenvalue weighted by Crippen LogP contribution is 2.28. The van der Waals surface area contributed by atoms with Crippen molar-refractivity contribution in [3.05, 3.63) is 65.9 Å². The fraction of sp³-hybridized carbons (Fsp3) is 0.0556. The number of carboxylic acids is 1. The van der Waals surface area contributed by atoms with Crippen LogP contribution in [0.5, 0.6) is 0 Å². The zero-order valence-electron chi connectivity index (χ0n) is 12.9. The van der Waals surface area contributed by atoms with E-state index >= 15 is 0 Å². The largest absolute Gasteiger partial charge is 0.478 e. The van der Waals surface area contributed by atoms with E-state index in [4.69, 9.17) is 9.83 Å². The Morgan fingerprint density at radius 1 is 1.21 bits per heavy atom. The minimum atomic E-state index is -1.12. The van der Waals surface area contributed by atoms with E-state index in [0.29, 0.717) is 17.3 Å². The summed E-state index contributed by atoms with van der Waals surface area (Å²) in [7, 11) is 0. The van der Waals surface area contributed by atoms with Gasteiger partial charge in [0, 0.05) is 11.4 Å². The molecule has 0 bridgehead atoms. The van der Waals surface area contributed by atoms with Gasteiger partial charge in [0.2, 0.25) is 0 Å². The van der Waals surface area contributed by atoms with Crippen LogP contribution in [0.3, 0.4) is 0 Å². The van der Waals surface area contributed by atoms with Crippen molar-refractivity contribution < 1.29 is 14.3 Å². The fourth-order valence-corrected chi connectivity index (χ4v) is 2.39. The lowest BCUT2D eigenvalue weighted by atomic mass is 10.0. The van der Waals surface area contributed by atoms with Crippen molar-refractivity contribution in [3.8, 4) is 11.5 Å². The van der Waals surface area contributed by atoms with Crippen LogP contribution in [-0.4, -0.2) is 21.8 Å². The van der Waals surface area contributed by atoms with Crippen molar-refractivity contribution in [3.63, 3.8) is 0 Å². The van der Waals surface area contributed by atoms with Crippen LogP contribution in [0.2, 0.25) is 0 Å². The normalized spacial score (nSPS) is 10.4. The predicted octanol–water partition coefficient (Wildman–Crippen LogP) is 4.17. The topological polar surface area (TPSA) is 99.2 Å². The first-order chi connectivity index (χ1) is 11.6. The van der Waals surface area contributed by atoms with E-state index in [1.807, 2.05) is 30.3 Å². The maximum Gasteiger partial charge on any atom is 0.336 e. The van der Waals surface area contributed by atoms with Crippen molar-refractivity contribution in [2.75, 3.05) is 5.32 Å². The number of anilines is 2. The molecule has 0 aliphatic rings. The Morgan fingerprint density at radius 2 is 1.96 bits per heavy atom. The van der Waals surface area contributed by atoms with Gasteiger partial charge in [0.05, 0.1) is 17.4 Å². The van der Waals surface area contributed by atoms with Crippen molar-refractivity contribution in [2.24, 2.45) is 0 Å². The Bertz CT molecular complexity index is 887. The van der Waals surface area contributed by atoms with Crippen LogP contribution in [0.15, 0.2) is 59.2 Å². The molecule has 0 unspecified atom stereocenters. The summed E-state index contributed by atoms with van der Waals surface area (Å²) >= 11 is 0. The van der Waals surface area contributed by atoms with Gasteiger partial charge in [-0.25, -0.2) is 9.78 Å². The van der Waals surface area contributed by atoms with E-state index in [2.05, 4.69) is 10.3 Å². The van der Waals surface area contributed by atoms with E-state index < -0.39 is 5.97 Å². The molecule has 0 saturated heterocycles. The second kappa shape index (κ2) is 6.37. The predicted molar refractivity (Wildman–Crippen MR) is 91.1 cm³/mol. The van der Waals surface area contributed by atoms with E-state index in [1.54, 1.807) is 12.1 Å². The molecule has 0 amide bonds. The molecule has 6 heteroatoms. The molecule has 0 saturated carbocycles. The summed E-state index contributed by atoms with van der Waals surface area (Å²) in [5, 5.41) is 20.6. The van der Waals surface area contributed by atoms with Gasteiger partial charge in [-0.05, 0) is 37.3 Å². The molecule has 0 aliphatic heterocycles. The van der Waals surface area contributed by atoms with Gasteiger partial charge in [-0.1, -0.05) is 18.2 Å². The van der Waals surface area contributed by atoms with E-state index in [1.165, 1.54) is 19.3 Å². The van der Waals surface area contributed by atoms with Gasteiger partial charge in [-0.15, -0.1) is 0 Å². The molecule has 2 heterocycles. The Labute approximate surface area is 138 Å². The van der Waals surface area contributed by atoms with Crippen molar-refractivity contribution >= 4 is 23.2 Å². The molecule has 0 atom stereocenters. The molecule has 0 fully saturated rings. The van der Waals surface area contributed by atoms with E-state index in [-0.39, 0.29) is 16.8 Å². The first-order valence-electron chi connectivity index (χ1n) is 7.26. The molecule has 0 spiro atoms. The number of nitrogens with one attached hydrogen (secondary N) is 2. The van der Waals surface area contributed by atoms with Crippen LogP contribution < -0.4 is 5.32 Å². The van der Waals surface area contributed by atoms with Gasteiger partial charge in [0.15, 0.2) is 5.76 Å². The summed E-state index contributed by atoms with van der Waals surface area (Å²) in [5.41, 5.74) is 1.51. The third-order valence-corrected chi connectivity index (χ3v) is 3.44. The number of nitrogens with zero attached hydrogens (tertiary/aromatic N) is 1. The fourth-order valence-electron chi connectivity index (χ4n) is 2.39. The average Bonchev–Trinajstić information content (AvgIpc) is 3.09. The average molecular weight is 321 g/mol.